The van der Waals surface area contributed by atoms with Gasteiger partial charge in [-0.05, 0) is 0 Å². The zero-order valence-electron chi connectivity index (χ0n) is 10.4. The van der Waals surface area contributed by atoms with Crippen LogP contribution in [0.15, 0.2) is 12.3 Å². The van der Waals surface area contributed by atoms with Crippen molar-refractivity contribution < 1.29 is 9.47 Å². The van der Waals surface area contributed by atoms with Crippen LogP contribution in [0.3, 0.4) is 0 Å². The van der Waals surface area contributed by atoms with Crippen molar-refractivity contribution in [1.29, 1.82) is 5.41 Å². The van der Waals surface area contributed by atoms with Crippen LogP contribution in [0, 0.1) is 5.41 Å². The van der Waals surface area contributed by atoms with E-state index in [1.54, 1.807) is 13.2 Å². The predicted molar refractivity (Wildman–Crippen MR) is 68.9 cm³/mol. The molecule has 1 saturated heterocycles. The van der Waals surface area contributed by atoms with Crippen molar-refractivity contribution in [2.45, 2.75) is 18.9 Å². The van der Waals surface area contributed by atoms with Gasteiger partial charge in [0.1, 0.15) is 6.10 Å². The Bertz CT molecular complexity index is 421. The number of ether oxygens (including phenoxy) is 2. The van der Waals surface area contributed by atoms with Gasteiger partial charge in [0.15, 0.2) is 0 Å². The highest BCUT2D eigenvalue weighted by Gasteiger charge is 2.16. The minimum atomic E-state index is 0.173. The molecule has 2 rings (SSSR count). The maximum atomic E-state index is 7.32. The first kappa shape index (κ1) is 12.6. The van der Waals surface area contributed by atoms with Crippen LogP contribution in [0.2, 0.25) is 0 Å². The molecule has 1 fully saturated rings. The summed E-state index contributed by atoms with van der Waals surface area (Å²) in [7, 11) is 1.79. The second kappa shape index (κ2) is 6.20. The minimum Gasteiger partial charge on any atom is -0.473 e. The van der Waals surface area contributed by atoms with E-state index < -0.39 is 0 Å². The fourth-order valence-electron chi connectivity index (χ4n) is 1.83. The Labute approximate surface area is 106 Å². The number of nitrogens with zero attached hydrogens (tertiary/aromatic N) is 1. The normalized spacial score (nSPS) is 17.5. The zero-order valence-corrected chi connectivity index (χ0v) is 10.4. The molecule has 0 spiro atoms. The number of hydrogen-bond donors (Lipinski definition) is 3. The third-order valence-electron chi connectivity index (χ3n) is 2.78. The van der Waals surface area contributed by atoms with Crippen LogP contribution < -0.4 is 10.1 Å². The van der Waals surface area contributed by atoms with Crippen LogP contribution in [0.5, 0.6) is 5.88 Å². The van der Waals surface area contributed by atoms with Crippen LogP contribution in [-0.4, -0.2) is 42.8 Å². The van der Waals surface area contributed by atoms with Gasteiger partial charge in [-0.2, -0.15) is 0 Å². The molecule has 0 aromatic carbocycles. The lowest BCUT2D eigenvalue weighted by Gasteiger charge is -2.21. The standard InChI is InChI=1S/C12H18N4O2/c1-14-8-9(7-13)11-6-12(16-15-11)18-10-2-4-17-5-3-10/h6-8,10,13-14H,2-5H2,1H3,(H,15,16)/b9-8+,13-7?. The quantitative estimate of drug-likeness (QED) is 0.685. The number of hydrogen-bond acceptors (Lipinski definition) is 5. The summed E-state index contributed by atoms with van der Waals surface area (Å²) in [5, 5.41) is 17.2. The molecule has 0 amide bonds. The maximum Gasteiger partial charge on any atom is 0.233 e. The lowest BCUT2D eigenvalue weighted by Crippen LogP contribution is -2.25. The largest absolute Gasteiger partial charge is 0.473 e. The van der Waals surface area contributed by atoms with Gasteiger partial charge < -0.3 is 20.2 Å². The second-order valence-electron chi connectivity index (χ2n) is 4.08. The molecule has 0 atom stereocenters. The van der Waals surface area contributed by atoms with Crippen molar-refractivity contribution in [1.82, 2.24) is 15.5 Å². The van der Waals surface area contributed by atoms with Gasteiger partial charge in [-0.15, -0.1) is 5.10 Å². The van der Waals surface area contributed by atoms with Gasteiger partial charge in [-0.3, -0.25) is 5.10 Å². The molecule has 0 saturated carbocycles. The fraction of sp³-hybridized carbons (Fsp3) is 0.500. The number of allylic oxidation sites excluding steroid dienone is 1. The van der Waals surface area contributed by atoms with Gasteiger partial charge in [-0.1, -0.05) is 0 Å². The SMILES string of the molecule is CN/C=C(\C=N)c1cc(OC2CCOCC2)n[nH]1. The van der Waals surface area contributed by atoms with Crippen molar-refractivity contribution in [2.75, 3.05) is 20.3 Å². The van der Waals surface area contributed by atoms with Crippen LogP contribution in [0.4, 0.5) is 0 Å². The highest BCUT2D eigenvalue weighted by molar-refractivity contribution is 6.07. The Kier molecular flexibility index (Phi) is 4.35. The molecule has 0 radical (unpaired) electrons. The van der Waals surface area contributed by atoms with E-state index in [-0.39, 0.29) is 6.10 Å². The van der Waals surface area contributed by atoms with Crippen LogP contribution in [-0.2, 0) is 4.74 Å². The number of aromatic nitrogens is 2. The van der Waals surface area contributed by atoms with E-state index in [4.69, 9.17) is 14.9 Å². The smallest absolute Gasteiger partial charge is 0.233 e. The Morgan fingerprint density at radius 1 is 1.61 bits per heavy atom. The topological polar surface area (TPSA) is 83.0 Å². The van der Waals surface area contributed by atoms with Gasteiger partial charge in [0.05, 0.1) is 18.9 Å². The van der Waals surface area contributed by atoms with Crippen LogP contribution in [0.1, 0.15) is 18.5 Å². The van der Waals surface area contributed by atoms with Crippen LogP contribution >= 0.6 is 0 Å². The van der Waals surface area contributed by atoms with Crippen molar-refractivity contribution in [3.05, 3.63) is 18.0 Å². The summed E-state index contributed by atoms with van der Waals surface area (Å²) in [5.74, 6) is 0.570. The number of nitrogens with one attached hydrogen (secondary N) is 3. The molecule has 1 aliphatic heterocycles. The Morgan fingerprint density at radius 2 is 2.39 bits per heavy atom. The third kappa shape index (κ3) is 3.10. The number of aromatic amines is 1. The first-order valence-electron chi connectivity index (χ1n) is 6.01. The van der Waals surface area contributed by atoms with E-state index in [1.807, 2.05) is 6.07 Å². The Balaban J connectivity index is 2.00. The molecular formula is C12H18N4O2. The summed E-state index contributed by atoms with van der Waals surface area (Å²) in [6.07, 6.45) is 4.96. The van der Waals surface area contributed by atoms with E-state index >= 15 is 0 Å². The van der Waals surface area contributed by atoms with Gasteiger partial charge >= 0.3 is 0 Å². The summed E-state index contributed by atoms with van der Waals surface area (Å²) in [5.41, 5.74) is 1.49. The lowest BCUT2D eigenvalue weighted by atomic mass is 10.1. The molecule has 98 valence electrons. The van der Waals surface area contributed by atoms with E-state index in [9.17, 15) is 0 Å². The molecule has 18 heavy (non-hydrogen) atoms. The Morgan fingerprint density at radius 3 is 3.06 bits per heavy atom. The Hall–Kier alpha value is -1.82. The fourth-order valence-corrected chi connectivity index (χ4v) is 1.83. The van der Waals surface area contributed by atoms with Gasteiger partial charge in [0.25, 0.3) is 0 Å². The monoisotopic (exact) mass is 250 g/mol. The molecular weight excluding hydrogens is 232 g/mol. The first-order valence-corrected chi connectivity index (χ1v) is 6.01. The first-order chi connectivity index (χ1) is 8.83. The van der Waals surface area contributed by atoms with Gasteiger partial charge in [0, 0.05) is 43.9 Å². The van der Waals surface area contributed by atoms with Crippen molar-refractivity contribution >= 4 is 11.8 Å². The highest BCUT2D eigenvalue weighted by atomic mass is 16.5. The molecule has 6 heteroatoms. The van der Waals surface area contributed by atoms with Crippen LogP contribution in [0.25, 0.3) is 5.57 Å². The van der Waals surface area contributed by atoms with E-state index in [0.29, 0.717) is 5.88 Å². The average Bonchev–Trinajstić information content (AvgIpc) is 2.85. The molecule has 1 aliphatic rings. The van der Waals surface area contributed by atoms with Crippen molar-refractivity contribution in [3.8, 4) is 5.88 Å². The number of rotatable bonds is 5. The molecule has 0 unspecified atom stereocenters. The minimum absolute atomic E-state index is 0.173. The van der Waals surface area contributed by atoms with Gasteiger partial charge in [-0.25, -0.2) is 0 Å². The molecule has 3 N–H and O–H groups in total. The average molecular weight is 250 g/mol. The summed E-state index contributed by atoms with van der Waals surface area (Å²) in [6, 6.07) is 1.81. The van der Waals surface area contributed by atoms with Crippen molar-refractivity contribution in [2.24, 2.45) is 0 Å². The molecule has 0 aliphatic carbocycles. The molecule has 0 bridgehead atoms. The van der Waals surface area contributed by atoms with Crippen molar-refractivity contribution in [3.63, 3.8) is 0 Å². The third-order valence-corrected chi connectivity index (χ3v) is 2.78. The summed E-state index contributed by atoms with van der Waals surface area (Å²) >= 11 is 0. The summed E-state index contributed by atoms with van der Waals surface area (Å²) in [6.45, 7) is 1.49. The maximum absolute atomic E-state index is 7.32. The highest BCUT2D eigenvalue weighted by Crippen LogP contribution is 2.19. The second-order valence-corrected chi connectivity index (χ2v) is 4.08. The molecule has 6 nitrogen and oxygen atoms in total. The predicted octanol–water partition coefficient (Wildman–Crippen LogP) is 1.18. The van der Waals surface area contributed by atoms with Gasteiger partial charge in [0.2, 0.25) is 5.88 Å². The number of H-pyrrole nitrogens is 1. The molecule has 2 heterocycles. The van der Waals surface area contributed by atoms with E-state index in [0.717, 1.165) is 37.3 Å². The zero-order chi connectivity index (χ0) is 12.8. The summed E-state index contributed by atoms with van der Waals surface area (Å²) in [4.78, 5) is 0. The van der Waals surface area contributed by atoms with E-state index in [1.165, 1.54) is 6.21 Å². The molecule has 1 aromatic heterocycles. The lowest BCUT2D eigenvalue weighted by molar-refractivity contribution is 0.0237. The molecule has 1 aromatic rings. The summed E-state index contributed by atoms with van der Waals surface area (Å²) < 4.78 is 11.0. The van der Waals surface area contributed by atoms with E-state index in [2.05, 4.69) is 15.5 Å².